The number of aryl methyl sites for hydroxylation is 2. The van der Waals surface area contributed by atoms with Crippen molar-refractivity contribution in [3.8, 4) is 0 Å². The molecule has 0 atom stereocenters. The minimum atomic E-state index is -1.08. The summed E-state index contributed by atoms with van der Waals surface area (Å²) in [5.74, 6) is -2.88. The fraction of sp³-hybridized carbons (Fsp3) is 0.0667. The van der Waals surface area contributed by atoms with E-state index in [0.29, 0.717) is 22.7 Å². The van der Waals surface area contributed by atoms with Crippen LogP contribution in [-0.4, -0.2) is 33.7 Å². The molecule has 0 saturated carbocycles. The molecule has 4 aromatic carbocycles. The van der Waals surface area contributed by atoms with Gasteiger partial charge in [-0.25, -0.2) is 9.59 Å². The van der Waals surface area contributed by atoms with E-state index < -0.39 is 11.9 Å². The molecule has 38 heavy (non-hydrogen) atoms. The predicted molar refractivity (Wildman–Crippen MR) is 143 cm³/mol. The molecular weight excluding hydrogens is 484 g/mol. The maximum absolute atomic E-state index is 14.0. The van der Waals surface area contributed by atoms with Gasteiger partial charge in [0.15, 0.2) is 11.6 Å². The molecule has 4 N–H and O–H groups in total. The topological polar surface area (TPSA) is 133 Å². The van der Waals surface area contributed by atoms with E-state index in [9.17, 15) is 29.4 Å². The number of carbonyl (C=O) groups is 4. The Labute approximate surface area is 217 Å². The number of nitrogens with one attached hydrogen (secondary N) is 2. The highest BCUT2D eigenvalue weighted by molar-refractivity contribution is 6.32. The third-order valence-corrected chi connectivity index (χ3v) is 6.58. The first-order valence-corrected chi connectivity index (χ1v) is 11.7. The van der Waals surface area contributed by atoms with Crippen LogP contribution >= 0.6 is 0 Å². The highest BCUT2D eigenvalue weighted by Gasteiger charge is 2.34. The molecule has 1 aliphatic rings. The van der Waals surface area contributed by atoms with E-state index in [1.807, 2.05) is 0 Å². The zero-order chi connectivity index (χ0) is 27.1. The SMILES string of the molecule is Cc1ccc(C(=O)O)cc1Nc1cccc2c1C(=O)c1c(Nc3cc(C(=O)O)ccc3C)cccc1C2=O. The van der Waals surface area contributed by atoms with Crippen LogP contribution in [0.1, 0.15) is 63.7 Å². The summed E-state index contributed by atoms with van der Waals surface area (Å²) >= 11 is 0. The van der Waals surface area contributed by atoms with Gasteiger partial charge >= 0.3 is 11.9 Å². The lowest BCUT2D eigenvalue weighted by molar-refractivity contribution is 0.0686. The lowest BCUT2D eigenvalue weighted by atomic mass is 9.82. The molecule has 0 unspecified atom stereocenters. The van der Waals surface area contributed by atoms with Crippen LogP contribution in [0.2, 0.25) is 0 Å². The van der Waals surface area contributed by atoms with Gasteiger partial charge in [-0.3, -0.25) is 9.59 Å². The van der Waals surface area contributed by atoms with Crippen LogP contribution in [0.4, 0.5) is 22.7 Å². The predicted octanol–water partition coefficient (Wildman–Crippen LogP) is 5.96. The summed E-state index contributed by atoms with van der Waals surface area (Å²) < 4.78 is 0. The Morgan fingerprint density at radius 1 is 0.579 bits per heavy atom. The van der Waals surface area contributed by atoms with Crippen LogP contribution < -0.4 is 10.6 Å². The van der Waals surface area contributed by atoms with Crippen LogP contribution in [0.25, 0.3) is 0 Å². The van der Waals surface area contributed by atoms with Gasteiger partial charge < -0.3 is 20.8 Å². The number of rotatable bonds is 6. The molecule has 0 aromatic heterocycles. The molecule has 0 spiro atoms. The van der Waals surface area contributed by atoms with Gasteiger partial charge in [0.05, 0.1) is 33.6 Å². The molecular formula is C30H22N2O6. The number of anilines is 4. The Kier molecular flexibility index (Phi) is 6.00. The van der Waals surface area contributed by atoms with E-state index in [-0.39, 0.29) is 44.9 Å². The second-order valence-corrected chi connectivity index (χ2v) is 9.03. The minimum Gasteiger partial charge on any atom is -0.478 e. The van der Waals surface area contributed by atoms with E-state index in [1.165, 1.54) is 24.3 Å². The van der Waals surface area contributed by atoms with E-state index in [1.54, 1.807) is 62.4 Å². The van der Waals surface area contributed by atoms with Crippen LogP contribution in [0.3, 0.4) is 0 Å². The van der Waals surface area contributed by atoms with Crippen molar-refractivity contribution in [1.29, 1.82) is 0 Å². The molecule has 8 heteroatoms. The van der Waals surface area contributed by atoms with E-state index in [0.717, 1.165) is 11.1 Å². The van der Waals surface area contributed by atoms with Crippen molar-refractivity contribution in [2.45, 2.75) is 13.8 Å². The monoisotopic (exact) mass is 506 g/mol. The van der Waals surface area contributed by atoms with Crippen molar-refractivity contribution in [2.24, 2.45) is 0 Å². The van der Waals surface area contributed by atoms with Crippen molar-refractivity contribution in [3.63, 3.8) is 0 Å². The van der Waals surface area contributed by atoms with Gasteiger partial charge in [-0.15, -0.1) is 0 Å². The molecule has 0 radical (unpaired) electrons. The smallest absolute Gasteiger partial charge is 0.335 e. The number of carboxylic acids is 2. The molecule has 0 heterocycles. The first kappa shape index (κ1) is 24.5. The summed E-state index contributed by atoms with van der Waals surface area (Å²) in [6.07, 6.45) is 0. The fourth-order valence-corrected chi connectivity index (χ4v) is 4.52. The number of hydrogen-bond donors (Lipinski definition) is 4. The molecule has 4 aromatic rings. The summed E-state index contributed by atoms with van der Waals surface area (Å²) in [6, 6.07) is 19.1. The van der Waals surface area contributed by atoms with Crippen LogP contribution in [0.5, 0.6) is 0 Å². The second kappa shape index (κ2) is 9.33. The lowest BCUT2D eigenvalue weighted by Crippen LogP contribution is -2.23. The fourth-order valence-electron chi connectivity index (χ4n) is 4.52. The van der Waals surface area contributed by atoms with Crippen molar-refractivity contribution < 1.29 is 29.4 Å². The number of hydrogen-bond acceptors (Lipinski definition) is 6. The Balaban J connectivity index is 1.60. The van der Waals surface area contributed by atoms with E-state index in [4.69, 9.17) is 0 Å². The third kappa shape index (κ3) is 4.18. The van der Waals surface area contributed by atoms with Crippen LogP contribution in [-0.2, 0) is 0 Å². The first-order valence-electron chi connectivity index (χ1n) is 11.7. The zero-order valence-electron chi connectivity index (χ0n) is 20.5. The van der Waals surface area contributed by atoms with Crippen LogP contribution in [0, 0.1) is 13.8 Å². The van der Waals surface area contributed by atoms with Gasteiger partial charge in [0, 0.05) is 22.5 Å². The molecule has 0 amide bonds. The van der Waals surface area contributed by atoms with Crippen molar-refractivity contribution in [3.05, 3.63) is 117 Å². The average molecular weight is 507 g/mol. The van der Waals surface area contributed by atoms with Crippen molar-refractivity contribution in [2.75, 3.05) is 10.6 Å². The Bertz CT molecular complexity index is 1570. The molecule has 0 aliphatic heterocycles. The van der Waals surface area contributed by atoms with Crippen LogP contribution in [0.15, 0.2) is 72.8 Å². The van der Waals surface area contributed by atoms with Gasteiger partial charge in [0.25, 0.3) is 0 Å². The summed E-state index contributed by atoms with van der Waals surface area (Å²) in [6.45, 7) is 3.61. The highest BCUT2D eigenvalue weighted by Crippen LogP contribution is 2.38. The van der Waals surface area contributed by atoms with Gasteiger partial charge in [0.1, 0.15) is 0 Å². The van der Waals surface area contributed by atoms with Gasteiger partial charge in [-0.2, -0.15) is 0 Å². The highest BCUT2D eigenvalue weighted by atomic mass is 16.4. The number of carboxylic acid groups (broad SMARTS) is 2. The number of ketones is 2. The quantitative estimate of drug-likeness (QED) is 0.222. The normalized spacial score (nSPS) is 11.9. The standard InChI is InChI=1S/C30H22N2O6/c1-15-9-11-17(29(35)36)13-23(15)31-21-7-3-5-19-25(21)28(34)26-20(27(19)33)6-4-8-22(26)32-24-14-18(30(37)38)12-10-16(24)2/h3-14,31-32H,1-2H3,(H,35,36)(H,37,38). The number of benzene rings is 4. The summed E-state index contributed by atoms with van der Waals surface area (Å²) in [4.78, 5) is 50.5. The maximum atomic E-state index is 14.0. The van der Waals surface area contributed by atoms with Crippen molar-refractivity contribution in [1.82, 2.24) is 0 Å². The average Bonchev–Trinajstić information content (AvgIpc) is 2.89. The number of aromatic carboxylic acids is 2. The molecule has 0 bridgehead atoms. The summed E-state index contributed by atoms with van der Waals surface area (Å²) in [7, 11) is 0. The molecule has 0 fully saturated rings. The minimum absolute atomic E-state index is 0.0843. The Hall–Kier alpha value is -5.24. The molecule has 188 valence electrons. The third-order valence-electron chi connectivity index (χ3n) is 6.58. The number of carbonyl (C=O) groups excluding carboxylic acids is 2. The molecule has 8 nitrogen and oxygen atoms in total. The maximum Gasteiger partial charge on any atom is 0.335 e. The van der Waals surface area contributed by atoms with E-state index >= 15 is 0 Å². The first-order chi connectivity index (χ1) is 18.2. The Morgan fingerprint density at radius 2 is 1.00 bits per heavy atom. The number of fused-ring (bicyclic) bond motifs is 2. The second-order valence-electron chi connectivity index (χ2n) is 9.03. The van der Waals surface area contributed by atoms with Gasteiger partial charge in [-0.1, -0.05) is 36.4 Å². The molecule has 5 rings (SSSR count). The van der Waals surface area contributed by atoms with Gasteiger partial charge in [0.2, 0.25) is 0 Å². The summed E-state index contributed by atoms with van der Waals surface area (Å²) in [5.41, 5.74) is 4.26. The Morgan fingerprint density at radius 3 is 1.39 bits per heavy atom. The zero-order valence-corrected chi connectivity index (χ0v) is 20.5. The van der Waals surface area contributed by atoms with E-state index in [2.05, 4.69) is 10.6 Å². The van der Waals surface area contributed by atoms with Crippen molar-refractivity contribution >= 4 is 46.3 Å². The van der Waals surface area contributed by atoms with Gasteiger partial charge in [-0.05, 0) is 61.4 Å². The lowest BCUT2D eigenvalue weighted by Gasteiger charge is -2.24. The molecule has 0 saturated heterocycles. The largest absolute Gasteiger partial charge is 0.478 e. The molecule has 1 aliphatic carbocycles. The summed E-state index contributed by atoms with van der Waals surface area (Å²) in [5, 5.41) is 25.1.